The molecule has 6 nitrogen and oxygen atoms in total. The molecule has 0 aliphatic carbocycles. The van der Waals surface area contributed by atoms with Gasteiger partial charge in [0, 0.05) is 0 Å². The van der Waals surface area contributed by atoms with Crippen LogP contribution in [0.25, 0.3) is 10.2 Å². The molecule has 7 heteroatoms. The van der Waals surface area contributed by atoms with Gasteiger partial charge in [-0.3, -0.25) is 10.1 Å². The number of hydrogen-bond donors (Lipinski definition) is 1. The van der Waals surface area contributed by atoms with E-state index in [2.05, 4.69) is 17.2 Å². The lowest BCUT2D eigenvalue weighted by Gasteiger charge is -2.07. The van der Waals surface area contributed by atoms with Gasteiger partial charge in [-0.05, 0) is 48.7 Å². The summed E-state index contributed by atoms with van der Waals surface area (Å²) in [5.41, 5.74) is 3.13. The summed E-state index contributed by atoms with van der Waals surface area (Å²) in [7, 11) is 0. The third kappa shape index (κ3) is 5.27. The number of anilines is 1. The number of amides is 1. The molecular weight excluding hydrogens is 364 g/mol. The van der Waals surface area contributed by atoms with Crippen LogP contribution >= 0.6 is 11.3 Å². The van der Waals surface area contributed by atoms with Gasteiger partial charge in [0.15, 0.2) is 18.3 Å². The average molecular weight is 384 g/mol. The Kier molecular flexibility index (Phi) is 6.03. The maximum Gasteiger partial charge on any atom is 0.344 e. The fraction of sp³-hybridized carbons (Fsp3) is 0.250. The second-order valence-electron chi connectivity index (χ2n) is 5.99. The van der Waals surface area contributed by atoms with E-state index >= 15 is 0 Å². The van der Waals surface area contributed by atoms with Crippen LogP contribution in [0, 0.1) is 6.92 Å². The molecule has 0 radical (unpaired) electrons. The number of benzene rings is 2. The first kappa shape index (κ1) is 18.8. The number of ether oxygens (including phenoxy) is 2. The lowest BCUT2D eigenvalue weighted by Crippen LogP contribution is -2.23. The highest BCUT2D eigenvalue weighted by Gasteiger charge is 2.11. The minimum Gasteiger partial charge on any atom is -0.482 e. The molecule has 2 aromatic carbocycles. The van der Waals surface area contributed by atoms with Crippen molar-refractivity contribution in [3.8, 4) is 5.75 Å². The van der Waals surface area contributed by atoms with Crippen LogP contribution in [0.3, 0.4) is 0 Å². The molecule has 1 amide bonds. The molecular formula is C20H20N2O4S. The highest BCUT2D eigenvalue weighted by Crippen LogP contribution is 2.26. The van der Waals surface area contributed by atoms with E-state index in [1.165, 1.54) is 16.9 Å². The summed E-state index contributed by atoms with van der Waals surface area (Å²) in [5.74, 6) is -0.463. The molecule has 0 atom stereocenters. The van der Waals surface area contributed by atoms with E-state index in [9.17, 15) is 9.59 Å². The van der Waals surface area contributed by atoms with Gasteiger partial charge in [-0.25, -0.2) is 9.78 Å². The van der Waals surface area contributed by atoms with Crippen molar-refractivity contribution in [2.45, 2.75) is 20.3 Å². The standard InChI is InChI=1S/C20H20N2O4S/c1-3-14-5-7-15(8-6-14)25-12-19(24)26-11-18(23)22-20-21-16-9-4-13(2)10-17(16)27-20/h4-10H,3,11-12H2,1-2H3,(H,21,22,23). The maximum atomic E-state index is 11.9. The Morgan fingerprint density at radius 3 is 2.63 bits per heavy atom. The van der Waals surface area contributed by atoms with Gasteiger partial charge in [0.25, 0.3) is 5.91 Å². The van der Waals surface area contributed by atoms with Crippen LogP contribution in [0.1, 0.15) is 18.1 Å². The fourth-order valence-corrected chi connectivity index (χ4v) is 3.37. The Morgan fingerprint density at radius 2 is 1.89 bits per heavy atom. The Labute approximate surface area is 161 Å². The highest BCUT2D eigenvalue weighted by molar-refractivity contribution is 7.22. The van der Waals surface area contributed by atoms with Gasteiger partial charge in [0.05, 0.1) is 10.2 Å². The summed E-state index contributed by atoms with van der Waals surface area (Å²) in [4.78, 5) is 28.0. The van der Waals surface area contributed by atoms with E-state index in [0.29, 0.717) is 10.9 Å². The zero-order chi connectivity index (χ0) is 19.2. The molecule has 1 heterocycles. The molecule has 0 unspecified atom stereocenters. The molecule has 0 saturated carbocycles. The third-order valence-corrected chi connectivity index (χ3v) is 4.78. The number of esters is 1. The quantitative estimate of drug-likeness (QED) is 0.628. The molecule has 140 valence electrons. The van der Waals surface area contributed by atoms with E-state index in [4.69, 9.17) is 9.47 Å². The molecule has 0 saturated heterocycles. The summed E-state index contributed by atoms with van der Waals surface area (Å²) in [5, 5.41) is 3.12. The predicted molar refractivity (Wildman–Crippen MR) is 105 cm³/mol. The Hall–Kier alpha value is -2.93. The molecule has 0 fully saturated rings. The van der Waals surface area contributed by atoms with Crippen molar-refractivity contribution in [2.24, 2.45) is 0 Å². The van der Waals surface area contributed by atoms with E-state index in [0.717, 1.165) is 22.2 Å². The molecule has 27 heavy (non-hydrogen) atoms. The monoisotopic (exact) mass is 384 g/mol. The van der Waals surface area contributed by atoms with Crippen molar-refractivity contribution in [1.82, 2.24) is 4.98 Å². The van der Waals surface area contributed by atoms with Gasteiger partial charge in [0.2, 0.25) is 0 Å². The van der Waals surface area contributed by atoms with Gasteiger partial charge < -0.3 is 9.47 Å². The molecule has 0 aliphatic rings. The number of aromatic nitrogens is 1. The van der Waals surface area contributed by atoms with Crippen molar-refractivity contribution >= 4 is 38.6 Å². The molecule has 0 spiro atoms. The van der Waals surface area contributed by atoms with Crippen LogP contribution in [0.15, 0.2) is 42.5 Å². The summed E-state index contributed by atoms with van der Waals surface area (Å²) >= 11 is 1.38. The average Bonchev–Trinajstić information content (AvgIpc) is 3.06. The molecule has 3 aromatic rings. The van der Waals surface area contributed by atoms with E-state index in [1.807, 2.05) is 37.3 Å². The number of carbonyl (C=O) groups excluding carboxylic acids is 2. The normalized spacial score (nSPS) is 10.6. The minimum atomic E-state index is -0.607. The fourth-order valence-electron chi connectivity index (χ4n) is 2.39. The first-order valence-corrected chi connectivity index (χ1v) is 9.39. The largest absolute Gasteiger partial charge is 0.482 e. The lowest BCUT2D eigenvalue weighted by atomic mass is 10.2. The number of nitrogens with one attached hydrogen (secondary N) is 1. The molecule has 1 N–H and O–H groups in total. The SMILES string of the molecule is CCc1ccc(OCC(=O)OCC(=O)Nc2nc3ccc(C)cc3s2)cc1. The van der Waals surface area contributed by atoms with Crippen molar-refractivity contribution < 1.29 is 19.1 Å². The number of aryl methyl sites for hydroxylation is 2. The van der Waals surface area contributed by atoms with Gasteiger partial charge in [-0.1, -0.05) is 36.5 Å². The number of nitrogens with zero attached hydrogens (tertiary/aromatic N) is 1. The number of thiazole rings is 1. The van der Waals surface area contributed by atoms with Gasteiger partial charge in [0.1, 0.15) is 5.75 Å². The number of rotatable bonds is 7. The number of fused-ring (bicyclic) bond motifs is 1. The highest BCUT2D eigenvalue weighted by atomic mass is 32.1. The van der Waals surface area contributed by atoms with Crippen LogP contribution in [0.5, 0.6) is 5.75 Å². The van der Waals surface area contributed by atoms with Crippen LogP contribution in [-0.4, -0.2) is 30.1 Å². The first-order chi connectivity index (χ1) is 13.0. The van der Waals surface area contributed by atoms with Crippen molar-refractivity contribution in [3.63, 3.8) is 0 Å². The smallest absolute Gasteiger partial charge is 0.344 e. The molecule has 3 rings (SSSR count). The van der Waals surface area contributed by atoms with Gasteiger partial charge >= 0.3 is 5.97 Å². The Bertz CT molecular complexity index is 950. The number of hydrogen-bond acceptors (Lipinski definition) is 6. The van der Waals surface area contributed by atoms with E-state index < -0.39 is 11.9 Å². The summed E-state index contributed by atoms with van der Waals surface area (Å²) in [6, 6.07) is 13.3. The van der Waals surface area contributed by atoms with Crippen LogP contribution in [0.4, 0.5) is 5.13 Å². The van der Waals surface area contributed by atoms with Crippen molar-refractivity contribution in [3.05, 3.63) is 53.6 Å². The summed E-state index contributed by atoms with van der Waals surface area (Å²) in [6.07, 6.45) is 0.936. The van der Waals surface area contributed by atoms with Crippen LogP contribution in [-0.2, 0) is 20.7 Å². The zero-order valence-corrected chi connectivity index (χ0v) is 16.0. The summed E-state index contributed by atoms with van der Waals surface area (Å²) < 4.78 is 11.3. The predicted octanol–water partition coefficient (Wildman–Crippen LogP) is 3.73. The summed E-state index contributed by atoms with van der Waals surface area (Å²) in [6.45, 7) is 3.43. The van der Waals surface area contributed by atoms with Crippen molar-refractivity contribution in [2.75, 3.05) is 18.5 Å². The van der Waals surface area contributed by atoms with E-state index in [1.54, 1.807) is 12.1 Å². The topological polar surface area (TPSA) is 77.5 Å². The van der Waals surface area contributed by atoms with Crippen LogP contribution in [0.2, 0.25) is 0 Å². The first-order valence-electron chi connectivity index (χ1n) is 8.58. The van der Waals surface area contributed by atoms with Gasteiger partial charge in [-0.2, -0.15) is 0 Å². The second kappa shape index (κ2) is 8.64. The van der Waals surface area contributed by atoms with Crippen LogP contribution < -0.4 is 10.1 Å². The molecule has 0 bridgehead atoms. The third-order valence-electron chi connectivity index (χ3n) is 3.84. The lowest BCUT2D eigenvalue weighted by molar-refractivity contribution is -0.149. The van der Waals surface area contributed by atoms with Gasteiger partial charge in [-0.15, -0.1) is 0 Å². The number of carbonyl (C=O) groups is 2. The van der Waals surface area contributed by atoms with Crippen molar-refractivity contribution in [1.29, 1.82) is 0 Å². The second-order valence-corrected chi connectivity index (χ2v) is 7.02. The molecule has 1 aromatic heterocycles. The minimum absolute atomic E-state index is 0.251. The zero-order valence-electron chi connectivity index (χ0n) is 15.2. The van der Waals surface area contributed by atoms with E-state index in [-0.39, 0.29) is 13.2 Å². The Morgan fingerprint density at radius 1 is 1.11 bits per heavy atom. The Balaban J connectivity index is 1.44. The maximum absolute atomic E-state index is 11.9. The molecule has 0 aliphatic heterocycles.